The molecule has 3 aromatic rings. The van der Waals surface area contributed by atoms with E-state index in [9.17, 15) is 4.39 Å². The first-order valence-electron chi connectivity index (χ1n) is 8.32. The van der Waals surface area contributed by atoms with Gasteiger partial charge in [0.15, 0.2) is 5.65 Å². The first kappa shape index (κ1) is 16.6. The summed E-state index contributed by atoms with van der Waals surface area (Å²) in [5.74, 6) is 0.157. The molecule has 3 N–H and O–H groups in total. The van der Waals surface area contributed by atoms with Gasteiger partial charge >= 0.3 is 0 Å². The molecule has 4 heterocycles. The number of fused-ring (bicyclic) bond motifs is 1. The van der Waals surface area contributed by atoms with Gasteiger partial charge in [-0.1, -0.05) is 0 Å². The molecular weight excluding hydrogens is 351 g/mol. The molecule has 0 unspecified atom stereocenters. The Balaban J connectivity index is 1.71. The van der Waals surface area contributed by atoms with Gasteiger partial charge < -0.3 is 16.0 Å². The number of allylic oxidation sites excluding steroid dienone is 1. The van der Waals surface area contributed by atoms with E-state index in [0.29, 0.717) is 33.3 Å². The smallest absolute Gasteiger partial charge is 0.225 e. The summed E-state index contributed by atoms with van der Waals surface area (Å²) < 4.78 is 15.4. The molecule has 1 fully saturated rings. The predicted molar refractivity (Wildman–Crippen MR) is 103 cm³/mol. The average Bonchev–Trinajstić information content (AvgIpc) is 3.32. The van der Waals surface area contributed by atoms with Gasteiger partial charge in [0.25, 0.3) is 0 Å². The molecule has 0 atom stereocenters. The zero-order valence-electron chi connectivity index (χ0n) is 13.9. The van der Waals surface area contributed by atoms with Gasteiger partial charge in [0.2, 0.25) is 5.95 Å². The van der Waals surface area contributed by atoms with Crippen molar-refractivity contribution in [2.24, 2.45) is 5.73 Å². The van der Waals surface area contributed by atoms with Crippen LogP contribution >= 0.6 is 11.3 Å². The van der Waals surface area contributed by atoms with Crippen molar-refractivity contribution >= 4 is 39.3 Å². The number of anilines is 1. The monoisotopic (exact) mass is 368 g/mol. The van der Waals surface area contributed by atoms with Crippen molar-refractivity contribution in [2.75, 3.05) is 18.0 Å². The van der Waals surface area contributed by atoms with E-state index >= 15 is 0 Å². The van der Waals surface area contributed by atoms with Gasteiger partial charge in [-0.2, -0.15) is 4.39 Å². The van der Waals surface area contributed by atoms with Gasteiger partial charge in [0.1, 0.15) is 10.8 Å². The molecule has 0 spiro atoms. The van der Waals surface area contributed by atoms with Crippen LogP contribution in [0, 0.1) is 11.4 Å². The fourth-order valence-electron chi connectivity index (χ4n) is 3.01. The molecule has 0 aromatic carbocycles. The maximum Gasteiger partial charge on any atom is 0.225 e. The number of aromatic nitrogens is 3. The number of nitrogens with two attached hydrogens (primary N) is 1. The minimum Gasteiger partial charge on any atom is -0.404 e. The SMILES string of the molecule is N=C/C(=C\N)c1ccc2sc(-c3ccc(N4CCCC4)nc3F)nc2n1. The standard InChI is InChI=1S/C18H17FN6S/c19-16-12(3-6-15(23-16)25-7-1-2-8-25)18-24-17-14(26-18)5-4-13(22-17)11(9-20)10-21/h3-6,9-10,20H,1-2,7-8,21H2/b11-10+,20-9?. The van der Waals surface area contributed by atoms with Crippen LogP contribution in [0.5, 0.6) is 0 Å². The molecule has 0 radical (unpaired) electrons. The Morgan fingerprint density at radius 3 is 2.65 bits per heavy atom. The molecule has 1 aliphatic rings. The lowest BCUT2D eigenvalue weighted by Crippen LogP contribution is -2.19. The van der Waals surface area contributed by atoms with Crippen molar-refractivity contribution in [3.8, 4) is 10.6 Å². The maximum atomic E-state index is 14.6. The van der Waals surface area contributed by atoms with Crippen molar-refractivity contribution in [3.63, 3.8) is 0 Å². The molecule has 1 saturated heterocycles. The Hall–Kier alpha value is -2.87. The van der Waals surface area contributed by atoms with E-state index in [4.69, 9.17) is 11.1 Å². The van der Waals surface area contributed by atoms with Crippen LogP contribution in [-0.4, -0.2) is 34.3 Å². The second kappa shape index (κ2) is 6.80. The second-order valence-corrected chi connectivity index (χ2v) is 7.04. The van der Waals surface area contributed by atoms with Crippen LogP contribution in [-0.2, 0) is 0 Å². The summed E-state index contributed by atoms with van der Waals surface area (Å²) >= 11 is 1.36. The van der Waals surface area contributed by atoms with Crippen LogP contribution < -0.4 is 10.6 Å². The van der Waals surface area contributed by atoms with E-state index in [1.807, 2.05) is 12.1 Å². The molecule has 132 valence electrons. The fraction of sp³-hybridized carbons (Fsp3) is 0.222. The molecule has 3 aromatic heterocycles. The van der Waals surface area contributed by atoms with E-state index in [-0.39, 0.29) is 0 Å². The van der Waals surface area contributed by atoms with Gasteiger partial charge in [-0.25, -0.2) is 15.0 Å². The van der Waals surface area contributed by atoms with Crippen molar-refractivity contribution in [1.82, 2.24) is 15.0 Å². The summed E-state index contributed by atoms with van der Waals surface area (Å²) in [6, 6.07) is 7.21. The predicted octanol–water partition coefficient (Wildman–Crippen LogP) is 3.44. The molecule has 26 heavy (non-hydrogen) atoms. The van der Waals surface area contributed by atoms with Crippen LogP contribution in [0.1, 0.15) is 18.5 Å². The van der Waals surface area contributed by atoms with Gasteiger partial charge in [-0.05, 0) is 37.1 Å². The number of nitrogens with zero attached hydrogens (tertiary/aromatic N) is 4. The average molecular weight is 368 g/mol. The first-order valence-corrected chi connectivity index (χ1v) is 9.13. The topological polar surface area (TPSA) is 91.8 Å². The largest absolute Gasteiger partial charge is 0.404 e. The first-order chi connectivity index (χ1) is 12.7. The summed E-state index contributed by atoms with van der Waals surface area (Å²) in [5.41, 5.74) is 7.46. The van der Waals surface area contributed by atoms with Crippen LogP contribution in [0.4, 0.5) is 10.2 Å². The molecule has 0 saturated carbocycles. The Morgan fingerprint density at radius 2 is 1.96 bits per heavy atom. The maximum absolute atomic E-state index is 14.6. The Kier molecular flexibility index (Phi) is 4.34. The summed E-state index contributed by atoms with van der Waals surface area (Å²) in [6.45, 7) is 1.84. The van der Waals surface area contributed by atoms with E-state index in [1.165, 1.54) is 17.5 Å². The highest BCUT2D eigenvalue weighted by molar-refractivity contribution is 7.21. The molecule has 8 heteroatoms. The third-order valence-corrected chi connectivity index (χ3v) is 5.42. The zero-order chi connectivity index (χ0) is 18.1. The quantitative estimate of drug-likeness (QED) is 0.544. The zero-order valence-corrected chi connectivity index (χ0v) is 14.8. The molecule has 4 rings (SSSR count). The van der Waals surface area contributed by atoms with Crippen LogP contribution in [0.25, 0.3) is 26.5 Å². The van der Waals surface area contributed by atoms with E-state index in [1.54, 1.807) is 12.1 Å². The second-order valence-electron chi connectivity index (χ2n) is 6.01. The van der Waals surface area contributed by atoms with E-state index in [2.05, 4.69) is 19.9 Å². The number of rotatable bonds is 4. The number of pyridine rings is 2. The summed E-state index contributed by atoms with van der Waals surface area (Å²) in [5, 5.41) is 7.91. The van der Waals surface area contributed by atoms with Gasteiger partial charge in [-0.3, -0.25) is 0 Å². The lowest BCUT2D eigenvalue weighted by molar-refractivity contribution is 0.586. The molecular formula is C18H17FN6S. The van der Waals surface area contributed by atoms with Gasteiger partial charge in [0.05, 0.1) is 16.0 Å². The minimum absolute atomic E-state index is 0.374. The van der Waals surface area contributed by atoms with E-state index < -0.39 is 5.95 Å². The normalized spacial score (nSPS) is 15.0. The number of thiazole rings is 1. The Bertz CT molecular complexity index is 1010. The summed E-state index contributed by atoms with van der Waals surface area (Å²) in [6.07, 6.45) is 4.70. The highest BCUT2D eigenvalue weighted by Crippen LogP contribution is 2.32. The van der Waals surface area contributed by atoms with Crippen LogP contribution in [0.2, 0.25) is 0 Å². The highest BCUT2D eigenvalue weighted by atomic mass is 32.1. The van der Waals surface area contributed by atoms with Crippen molar-refractivity contribution < 1.29 is 4.39 Å². The van der Waals surface area contributed by atoms with Crippen LogP contribution in [0.15, 0.2) is 30.5 Å². The van der Waals surface area contributed by atoms with Crippen LogP contribution in [0.3, 0.4) is 0 Å². The highest BCUT2D eigenvalue weighted by Gasteiger charge is 2.18. The summed E-state index contributed by atoms with van der Waals surface area (Å²) in [4.78, 5) is 15.1. The number of hydrogen-bond donors (Lipinski definition) is 2. The number of halogens is 1. The Labute approximate surface area is 153 Å². The third kappa shape index (κ3) is 2.92. The minimum atomic E-state index is -0.518. The molecule has 6 nitrogen and oxygen atoms in total. The fourth-order valence-corrected chi connectivity index (χ4v) is 3.93. The molecule has 0 bridgehead atoms. The third-order valence-electron chi connectivity index (χ3n) is 4.38. The number of nitrogens with one attached hydrogen (secondary N) is 1. The van der Waals surface area contributed by atoms with Crippen molar-refractivity contribution in [3.05, 3.63) is 42.1 Å². The lowest BCUT2D eigenvalue weighted by Gasteiger charge is -2.16. The van der Waals surface area contributed by atoms with Crippen molar-refractivity contribution in [1.29, 1.82) is 5.41 Å². The van der Waals surface area contributed by atoms with Gasteiger partial charge in [-0.15, -0.1) is 11.3 Å². The molecule has 0 amide bonds. The van der Waals surface area contributed by atoms with Crippen molar-refractivity contribution in [2.45, 2.75) is 12.8 Å². The Morgan fingerprint density at radius 1 is 1.15 bits per heavy atom. The number of hydrogen-bond acceptors (Lipinski definition) is 7. The van der Waals surface area contributed by atoms with E-state index in [0.717, 1.165) is 36.8 Å². The van der Waals surface area contributed by atoms with Gasteiger partial charge in [0, 0.05) is 31.1 Å². The summed E-state index contributed by atoms with van der Waals surface area (Å²) in [7, 11) is 0. The molecule has 0 aliphatic carbocycles. The molecule has 1 aliphatic heterocycles. The lowest BCUT2D eigenvalue weighted by atomic mass is 10.2.